The van der Waals surface area contributed by atoms with Crippen LogP contribution in [0.3, 0.4) is 0 Å². The Morgan fingerprint density at radius 1 is 1.23 bits per heavy atom. The number of hydrogen-bond acceptors (Lipinski definition) is 3. The Balaban J connectivity index is 1.41. The monoisotopic (exact) mass is 297 g/mol. The lowest BCUT2D eigenvalue weighted by Gasteiger charge is -2.12. The van der Waals surface area contributed by atoms with Gasteiger partial charge >= 0.3 is 0 Å². The number of carbonyl (C=O) groups is 1. The molecule has 22 heavy (non-hydrogen) atoms. The van der Waals surface area contributed by atoms with Crippen molar-refractivity contribution in [1.29, 1.82) is 0 Å². The van der Waals surface area contributed by atoms with E-state index < -0.39 is 0 Å². The molecule has 0 saturated carbocycles. The molecule has 0 fully saturated rings. The molecule has 0 aliphatic carbocycles. The summed E-state index contributed by atoms with van der Waals surface area (Å²) in [5, 5.41) is 2.85. The van der Waals surface area contributed by atoms with Gasteiger partial charge in [-0.15, -0.1) is 0 Å². The van der Waals surface area contributed by atoms with Crippen LogP contribution in [0, 0.1) is 6.92 Å². The number of fused-ring (bicyclic) bond motifs is 1. The second kappa shape index (κ2) is 6.52. The highest BCUT2D eigenvalue weighted by Crippen LogP contribution is 2.27. The molecule has 2 aromatic rings. The molecule has 0 spiro atoms. The van der Waals surface area contributed by atoms with E-state index in [0.717, 1.165) is 17.7 Å². The Bertz CT molecular complexity index is 627. The molecule has 1 heterocycles. The highest BCUT2D eigenvalue weighted by atomic mass is 16.5. The van der Waals surface area contributed by atoms with Crippen LogP contribution < -0.4 is 14.8 Å². The molecule has 0 radical (unpaired) electrons. The summed E-state index contributed by atoms with van der Waals surface area (Å²) in [5.74, 6) is 1.48. The Morgan fingerprint density at radius 2 is 2.00 bits per heavy atom. The summed E-state index contributed by atoms with van der Waals surface area (Å²) in [4.78, 5) is 11.8. The topological polar surface area (TPSA) is 47.6 Å². The maximum Gasteiger partial charge on any atom is 0.258 e. The Hall–Kier alpha value is -2.49. The molecule has 0 aromatic heterocycles. The van der Waals surface area contributed by atoms with Crippen LogP contribution in [0.2, 0.25) is 0 Å². The van der Waals surface area contributed by atoms with E-state index in [4.69, 9.17) is 9.47 Å². The third-order valence-electron chi connectivity index (χ3n) is 3.63. The van der Waals surface area contributed by atoms with Crippen LogP contribution >= 0.6 is 0 Å². The van der Waals surface area contributed by atoms with Crippen LogP contribution in [0.1, 0.15) is 11.1 Å². The zero-order valence-electron chi connectivity index (χ0n) is 12.5. The quantitative estimate of drug-likeness (QED) is 0.922. The predicted molar refractivity (Wildman–Crippen MR) is 84.2 cm³/mol. The van der Waals surface area contributed by atoms with Gasteiger partial charge in [0.15, 0.2) is 6.61 Å². The van der Waals surface area contributed by atoms with E-state index in [2.05, 4.69) is 11.4 Å². The average Bonchev–Trinajstić information content (AvgIpc) is 2.95. The number of hydrogen-bond donors (Lipinski definition) is 1. The average molecular weight is 297 g/mol. The van der Waals surface area contributed by atoms with Gasteiger partial charge in [0.2, 0.25) is 0 Å². The zero-order chi connectivity index (χ0) is 15.4. The highest BCUT2D eigenvalue weighted by molar-refractivity contribution is 5.77. The number of rotatable bonds is 5. The number of aryl methyl sites for hydroxylation is 1. The lowest BCUT2D eigenvalue weighted by Crippen LogP contribution is -2.37. The first kappa shape index (κ1) is 14.4. The van der Waals surface area contributed by atoms with Gasteiger partial charge in [-0.3, -0.25) is 4.79 Å². The summed E-state index contributed by atoms with van der Waals surface area (Å²) < 4.78 is 11.2. The minimum atomic E-state index is -0.139. The van der Waals surface area contributed by atoms with E-state index in [-0.39, 0.29) is 18.6 Å². The second-order valence-corrected chi connectivity index (χ2v) is 5.46. The van der Waals surface area contributed by atoms with Gasteiger partial charge in [0.25, 0.3) is 5.91 Å². The summed E-state index contributed by atoms with van der Waals surface area (Å²) in [5.41, 5.74) is 2.35. The van der Waals surface area contributed by atoms with Gasteiger partial charge in [-0.25, -0.2) is 0 Å². The van der Waals surface area contributed by atoms with Crippen LogP contribution in [-0.2, 0) is 11.2 Å². The molecule has 4 nitrogen and oxygen atoms in total. The van der Waals surface area contributed by atoms with Crippen molar-refractivity contribution in [2.75, 3.05) is 13.2 Å². The highest BCUT2D eigenvalue weighted by Gasteiger charge is 2.22. The third kappa shape index (κ3) is 3.58. The summed E-state index contributed by atoms with van der Waals surface area (Å²) in [6.45, 7) is 2.52. The second-order valence-electron chi connectivity index (χ2n) is 5.46. The maximum atomic E-state index is 11.8. The SMILES string of the molecule is Cc1ccc(OCC(=O)NCC2Cc3ccccc3O2)cc1. The number of para-hydroxylation sites is 1. The molecule has 1 aliphatic heterocycles. The van der Waals surface area contributed by atoms with E-state index in [0.29, 0.717) is 12.3 Å². The fourth-order valence-corrected chi connectivity index (χ4v) is 2.43. The molecule has 1 aliphatic rings. The number of amides is 1. The van der Waals surface area contributed by atoms with Crippen LogP contribution in [0.4, 0.5) is 0 Å². The fraction of sp³-hybridized carbons (Fsp3) is 0.278. The van der Waals surface area contributed by atoms with Gasteiger partial charge in [-0.2, -0.15) is 0 Å². The zero-order valence-corrected chi connectivity index (χ0v) is 12.5. The Morgan fingerprint density at radius 3 is 2.77 bits per heavy atom. The standard InChI is InChI=1S/C18H19NO3/c1-13-6-8-15(9-7-13)21-12-18(20)19-11-16-10-14-4-2-3-5-17(14)22-16/h2-9,16H,10-12H2,1H3,(H,19,20). The first-order valence-corrected chi connectivity index (χ1v) is 7.41. The van der Waals surface area contributed by atoms with E-state index in [1.54, 1.807) is 0 Å². The summed E-state index contributed by atoms with van der Waals surface area (Å²) in [6.07, 6.45) is 0.829. The third-order valence-corrected chi connectivity index (χ3v) is 3.63. The van der Waals surface area contributed by atoms with Gasteiger partial charge in [0.05, 0.1) is 6.54 Å². The van der Waals surface area contributed by atoms with Crippen LogP contribution in [0.15, 0.2) is 48.5 Å². The number of nitrogens with one attached hydrogen (secondary N) is 1. The minimum absolute atomic E-state index is 0.000671. The Kier molecular flexibility index (Phi) is 4.28. The van der Waals surface area contributed by atoms with Crippen LogP contribution in [0.25, 0.3) is 0 Å². The maximum absolute atomic E-state index is 11.8. The molecule has 0 saturated heterocycles. The number of ether oxygens (including phenoxy) is 2. The first-order valence-electron chi connectivity index (χ1n) is 7.41. The van der Waals surface area contributed by atoms with Crippen molar-refractivity contribution in [1.82, 2.24) is 5.32 Å². The normalized spacial score (nSPS) is 15.8. The summed E-state index contributed by atoms with van der Waals surface area (Å²) in [7, 11) is 0. The lowest BCUT2D eigenvalue weighted by molar-refractivity contribution is -0.123. The van der Waals surface area contributed by atoms with Crippen molar-refractivity contribution < 1.29 is 14.3 Å². The molecule has 3 rings (SSSR count). The van der Waals surface area contributed by atoms with Crippen molar-refractivity contribution in [2.45, 2.75) is 19.4 Å². The molecule has 1 N–H and O–H groups in total. The smallest absolute Gasteiger partial charge is 0.258 e. The number of benzene rings is 2. The summed E-state index contributed by atoms with van der Waals surface area (Å²) >= 11 is 0. The Labute approximate surface area is 130 Å². The number of carbonyl (C=O) groups excluding carboxylic acids is 1. The molecule has 4 heteroatoms. The van der Waals surface area contributed by atoms with E-state index >= 15 is 0 Å². The van der Waals surface area contributed by atoms with Crippen molar-refractivity contribution in [2.24, 2.45) is 0 Å². The molecule has 1 amide bonds. The summed E-state index contributed by atoms with van der Waals surface area (Å²) in [6, 6.07) is 15.6. The van der Waals surface area contributed by atoms with E-state index in [1.807, 2.05) is 49.4 Å². The van der Waals surface area contributed by atoms with Crippen LogP contribution in [0.5, 0.6) is 11.5 Å². The van der Waals surface area contributed by atoms with Crippen molar-refractivity contribution in [3.63, 3.8) is 0 Å². The molecular formula is C18H19NO3. The van der Waals surface area contributed by atoms with Crippen molar-refractivity contribution in [3.05, 3.63) is 59.7 Å². The molecular weight excluding hydrogens is 278 g/mol. The van der Waals surface area contributed by atoms with Gasteiger partial charge in [0, 0.05) is 6.42 Å². The first-order chi connectivity index (χ1) is 10.7. The van der Waals surface area contributed by atoms with Crippen molar-refractivity contribution >= 4 is 5.91 Å². The lowest BCUT2D eigenvalue weighted by atomic mass is 10.1. The van der Waals surface area contributed by atoms with E-state index in [1.165, 1.54) is 5.56 Å². The van der Waals surface area contributed by atoms with Crippen molar-refractivity contribution in [3.8, 4) is 11.5 Å². The molecule has 0 bridgehead atoms. The van der Waals surface area contributed by atoms with E-state index in [9.17, 15) is 4.79 Å². The predicted octanol–water partition coefficient (Wildman–Crippen LogP) is 2.49. The molecule has 114 valence electrons. The van der Waals surface area contributed by atoms with Crippen LogP contribution in [-0.4, -0.2) is 25.2 Å². The fourth-order valence-electron chi connectivity index (χ4n) is 2.43. The van der Waals surface area contributed by atoms with Gasteiger partial charge in [0.1, 0.15) is 17.6 Å². The minimum Gasteiger partial charge on any atom is -0.488 e. The largest absolute Gasteiger partial charge is 0.488 e. The van der Waals surface area contributed by atoms with Gasteiger partial charge in [-0.1, -0.05) is 35.9 Å². The molecule has 2 aromatic carbocycles. The molecule has 1 unspecified atom stereocenters. The molecule has 1 atom stereocenters. The van der Waals surface area contributed by atoms with Gasteiger partial charge < -0.3 is 14.8 Å². The van der Waals surface area contributed by atoms with Gasteiger partial charge in [-0.05, 0) is 30.7 Å².